The van der Waals surface area contributed by atoms with Crippen LogP contribution in [0.1, 0.15) is 32.1 Å². The first-order valence-corrected chi connectivity index (χ1v) is 9.69. The highest BCUT2D eigenvalue weighted by atomic mass is 79.9. The molecule has 1 aromatic heterocycles. The number of carbonyl (C=O) groups is 1. The van der Waals surface area contributed by atoms with Crippen LogP contribution in [0.15, 0.2) is 65.3 Å². The highest BCUT2D eigenvalue weighted by Gasteiger charge is 2.21. The molecule has 2 aromatic carbocycles. The summed E-state index contributed by atoms with van der Waals surface area (Å²) >= 11 is 3.38. The number of carbonyl (C=O) groups excluding carboxylic acids is 1. The van der Waals surface area contributed by atoms with Crippen molar-refractivity contribution in [3.8, 4) is 17.0 Å². The van der Waals surface area contributed by atoms with Crippen LogP contribution >= 0.6 is 15.9 Å². The maximum atomic E-state index is 12.5. The molecule has 0 aliphatic carbocycles. The molecule has 0 bridgehead atoms. The second-order valence-corrected chi connectivity index (χ2v) is 7.15. The predicted molar refractivity (Wildman–Crippen MR) is 109 cm³/mol. The van der Waals surface area contributed by atoms with Gasteiger partial charge in [0, 0.05) is 4.47 Å². The van der Waals surface area contributed by atoms with Crippen molar-refractivity contribution in [1.82, 2.24) is 15.3 Å². The Kier molecular flexibility index (Phi) is 6.29. The van der Waals surface area contributed by atoms with Crippen LogP contribution in [-0.4, -0.2) is 22.0 Å². The zero-order valence-electron chi connectivity index (χ0n) is 15.3. The van der Waals surface area contributed by atoms with E-state index in [1.165, 1.54) is 0 Å². The minimum Gasteiger partial charge on any atom is -0.481 e. The summed E-state index contributed by atoms with van der Waals surface area (Å²) in [5.74, 6) is 1.21. The fourth-order valence-corrected chi connectivity index (χ4v) is 2.97. The highest BCUT2D eigenvalue weighted by molar-refractivity contribution is 9.10. The fraction of sp³-hybridized carbons (Fsp3) is 0.238. The van der Waals surface area contributed by atoms with Crippen LogP contribution in [0.4, 0.5) is 0 Å². The number of nitrogens with zero attached hydrogens (tertiary/aromatic N) is 1. The summed E-state index contributed by atoms with van der Waals surface area (Å²) in [7, 11) is 0. The number of nitrogens with one attached hydrogen (secondary N) is 2. The zero-order chi connectivity index (χ0) is 19.2. The summed E-state index contributed by atoms with van der Waals surface area (Å²) in [5, 5.41) is 3.01. The average Bonchev–Trinajstić information content (AvgIpc) is 3.18. The second-order valence-electron chi connectivity index (χ2n) is 6.23. The molecule has 3 aromatic rings. The molecule has 0 aliphatic heterocycles. The summed E-state index contributed by atoms with van der Waals surface area (Å²) < 4.78 is 6.69. The van der Waals surface area contributed by atoms with Crippen molar-refractivity contribution < 1.29 is 9.53 Å². The molecule has 6 heteroatoms. The lowest BCUT2D eigenvalue weighted by atomic mass is 10.2. The second kappa shape index (κ2) is 8.86. The molecule has 2 N–H and O–H groups in total. The molecular weight excluding hydrogens is 406 g/mol. The van der Waals surface area contributed by atoms with Crippen molar-refractivity contribution in [1.29, 1.82) is 0 Å². The Labute approximate surface area is 167 Å². The number of hydrogen-bond acceptors (Lipinski definition) is 3. The molecule has 0 saturated carbocycles. The molecule has 27 heavy (non-hydrogen) atoms. The number of hydrogen-bond donors (Lipinski definition) is 2. The molecular formula is C21H22BrN3O2. The third-order valence-corrected chi connectivity index (χ3v) is 4.76. The van der Waals surface area contributed by atoms with E-state index in [4.69, 9.17) is 4.74 Å². The van der Waals surface area contributed by atoms with E-state index >= 15 is 0 Å². The SMILES string of the molecule is CCC(NC(=O)C(C)Oc1ccc(Br)cc1)c1ncc(-c2ccccc2)[nH]1. The van der Waals surface area contributed by atoms with Crippen LogP contribution in [0.25, 0.3) is 11.3 Å². The molecule has 0 radical (unpaired) electrons. The summed E-state index contributed by atoms with van der Waals surface area (Å²) in [4.78, 5) is 20.3. The van der Waals surface area contributed by atoms with Crippen LogP contribution in [-0.2, 0) is 4.79 Å². The minimum atomic E-state index is -0.608. The third-order valence-electron chi connectivity index (χ3n) is 4.23. The van der Waals surface area contributed by atoms with E-state index in [9.17, 15) is 4.79 Å². The van der Waals surface area contributed by atoms with Crippen molar-refractivity contribution in [2.24, 2.45) is 0 Å². The molecule has 1 amide bonds. The summed E-state index contributed by atoms with van der Waals surface area (Å²) in [6, 6.07) is 17.2. The Morgan fingerprint density at radius 1 is 1.19 bits per heavy atom. The molecule has 140 valence electrons. The molecule has 5 nitrogen and oxygen atoms in total. The Morgan fingerprint density at radius 3 is 2.56 bits per heavy atom. The van der Waals surface area contributed by atoms with Crippen LogP contribution in [0.3, 0.4) is 0 Å². The number of amides is 1. The maximum absolute atomic E-state index is 12.5. The van der Waals surface area contributed by atoms with Gasteiger partial charge in [0.15, 0.2) is 6.10 Å². The van der Waals surface area contributed by atoms with Crippen LogP contribution in [0.2, 0.25) is 0 Å². The molecule has 0 fully saturated rings. The van der Waals surface area contributed by atoms with Gasteiger partial charge in [-0.25, -0.2) is 4.98 Å². The molecule has 2 unspecified atom stereocenters. The van der Waals surface area contributed by atoms with Gasteiger partial charge < -0.3 is 15.0 Å². The number of imidazole rings is 1. The number of rotatable bonds is 7. The summed E-state index contributed by atoms with van der Waals surface area (Å²) in [5.41, 5.74) is 1.99. The van der Waals surface area contributed by atoms with Crippen molar-refractivity contribution in [3.63, 3.8) is 0 Å². The van der Waals surface area contributed by atoms with Gasteiger partial charge in [-0.3, -0.25) is 4.79 Å². The predicted octanol–water partition coefficient (Wildman–Crippen LogP) is 4.87. The topological polar surface area (TPSA) is 67.0 Å². The van der Waals surface area contributed by atoms with Gasteiger partial charge >= 0.3 is 0 Å². The van der Waals surface area contributed by atoms with Crippen LogP contribution in [0.5, 0.6) is 5.75 Å². The van der Waals surface area contributed by atoms with Gasteiger partial charge in [-0.1, -0.05) is 53.2 Å². The van der Waals surface area contributed by atoms with E-state index in [-0.39, 0.29) is 11.9 Å². The summed E-state index contributed by atoms with van der Waals surface area (Å²) in [6.07, 6.45) is 1.91. The zero-order valence-corrected chi connectivity index (χ0v) is 16.9. The Morgan fingerprint density at radius 2 is 1.89 bits per heavy atom. The highest BCUT2D eigenvalue weighted by Crippen LogP contribution is 2.21. The van der Waals surface area contributed by atoms with Crippen molar-refractivity contribution >= 4 is 21.8 Å². The molecule has 2 atom stereocenters. The number of ether oxygens (including phenoxy) is 1. The summed E-state index contributed by atoms with van der Waals surface area (Å²) in [6.45, 7) is 3.75. The van der Waals surface area contributed by atoms with E-state index in [1.54, 1.807) is 13.1 Å². The maximum Gasteiger partial charge on any atom is 0.261 e. The van der Waals surface area contributed by atoms with Gasteiger partial charge in [0.2, 0.25) is 0 Å². The standard InChI is InChI=1S/C21H22BrN3O2/c1-3-18(20-23-13-19(24-20)15-7-5-4-6-8-15)25-21(26)14(2)27-17-11-9-16(22)10-12-17/h4-14,18H,3H2,1-2H3,(H,23,24)(H,25,26). The lowest BCUT2D eigenvalue weighted by Gasteiger charge is -2.19. The number of H-pyrrole nitrogens is 1. The molecule has 3 rings (SSSR count). The lowest BCUT2D eigenvalue weighted by molar-refractivity contribution is -0.128. The van der Waals surface area contributed by atoms with Crippen LogP contribution < -0.4 is 10.1 Å². The van der Waals surface area contributed by atoms with E-state index in [0.717, 1.165) is 28.0 Å². The number of halogens is 1. The van der Waals surface area contributed by atoms with E-state index in [0.29, 0.717) is 5.75 Å². The first-order chi connectivity index (χ1) is 13.1. The largest absolute Gasteiger partial charge is 0.481 e. The number of aromatic nitrogens is 2. The van der Waals surface area contributed by atoms with E-state index in [2.05, 4.69) is 31.2 Å². The number of benzene rings is 2. The van der Waals surface area contributed by atoms with Crippen molar-refractivity contribution in [2.45, 2.75) is 32.4 Å². The van der Waals surface area contributed by atoms with Gasteiger partial charge in [-0.05, 0) is 43.2 Å². The number of aromatic amines is 1. The molecule has 0 spiro atoms. The Balaban J connectivity index is 1.65. The van der Waals surface area contributed by atoms with Gasteiger partial charge in [-0.2, -0.15) is 0 Å². The third kappa shape index (κ3) is 4.98. The van der Waals surface area contributed by atoms with E-state index < -0.39 is 6.10 Å². The molecule has 0 aliphatic rings. The van der Waals surface area contributed by atoms with E-state index in [1.807, 2.05) is 61.5 Å². The average molecular weight is 428 g/mol. The smallest absolute Gasteiger partial charge is 0.261 e. The minimum absolute atomic E-state index is 0.178. The Bertz CT molecular complexity index is 878. The normalized spacial score (nSPS) is 13.0. The van der Waals surface area contributed by atoms with Gasteiger partial charge in [0.25, 0.3) is 5.91 Å². The Hall–Kier alpha value is -2.60. The first-order valence-electron chi connectivity index (χ1n) is 8.89. The molecule has 0 saturated heterocycles. The van der Waals surface area contributed by atoms with Crippen molar-refractivity contribution in [2.75, 3.05) is 0 Å². The van der Waals surface area contributed by atoms with Gasteiger partial charge in [-0.15, -0.1) is 0 Å². The quantitative estimate of drug-likeness (QED) is 0.564. The van der Waals surface area contributed by atoms with Gasteiger partial charge in [0.1, 0.15) is 11.6 Å². The fourth-order valence-electron chi connectivity index (χ4n) is 2.70. The molecule has 1 heterocycles. The lowest BCUT2D eigenvalue weighted by Crippen LogP contribution is -2.38. The van der Waals surface area contributed by atoms with Crippen LogP contribution in [0, 0.1) is 0 Å². The van der Waals surface area contributed by atoms with Crippen molar-refractivity contribution in [3.05, 3.63) is 71.1 Å². The monoisotopic (exact) mass is 427 g/mol. The van der Waals surface area contributed by atoms with Gasteiger partial charge in [0.05, 0.1) is 17.9 Å². The first kappa shape index (κ1) is 19.2.